The van der Waals surface area contributed by atoms with E-state index >= 15 is 0 Å². The lowest BCUT2D eigenvalue weighted by Gasteiger charge is -2.06. The topological polar surface area (TPSA) is 34.0 Å². The van der Waals surface area contributed by atoms with Gasteiger partial charge in [0, 0.05) is 23.7 Å². The Morgan fingerprint density at radius 1 is 0.885 bits per heavy atom. The van der Waals surface area contributed by atoms with E-state index in [1.807, 2.05) is 54.7 Å². The maximum absolute atomic E-state index is 12.5. The molecule has 1 N–H and O–H groups in total. The van der Waals surface area contributed by atoms with Crippen LogP contribution in [0, 0.1) is 6.92 Å². The summed E-state index contributed by atoms with van der Waals surface area (Å²) in [5.41, 5.74) is 5.08. The van der Waals surface area contributed by atoms with E-state index in [1.54, 1.807) is 0 Å². The fraction of sp³-hybridized carbons (Fsp3) is 0.0870. The summed E-state index contributed by atoms with van der Waals surface area (Å²) >= 11 is 0. The molecular formula is C23H20N2O. The molecule has 0 saturated carbocycles. The molecule has 0 spiro atoms. The molecule has 0 unspecified atom stereocenters. The third kappa shape index (κ3) is 3.24. The number of hydrogen-bond acceptors (Lipinski definition) is 1. The fourth-order valence-electron chi connectivity index (χ4n) is 3.15. The number of aryl methyl sites for hydroxylation is 1. The highest BCUT2D eigenvalue weighted by atomic mass is 16.1. The first-order chi connectivity index (χ1) is 12.7. The van der Waals surface area contributed by atoms with Crippen LogP contribution in [0.2, 0.25) is 0 Å². The van der Waals surface area contributed by atoms with Crippen molar-refractivity contribution >= 4 is 22.5 Å². The Bertz CT molecular complexity index is 1050. The van der Waals surface area contributed by atoms with Crippen LogP contribution < -0.4 is 5.32 Å². The second-order valence-electron chi connectivity index (χ2n) is 6.49. The molecule has 128 valence electrons. The SMILES string of the molecule is Cc1ccc(Cn2cc(NC(=O)c3ccccc3)c3ccccc32)cc1. The van der Waals surface area contributed by atoms with Gasteiger partial charge < -0.3 is 9.88 Å². The zero-order valence-electron chi connectivity index (χ0n) is 14.6. The Labute approximate surface area is 152 Å². The highest BCUT2D eigenvalue weighted by molar-refractivity contribution is 6.09. The molecule has 0 aliphatic carbocycles. The van der Waals surface area contributed by atoms with Crippen LogP contribution in [-0.4, -0.2) is 10.5 Å². The first-order valence-electron chi connectivity index (χ1n) is 8.70. The molecule has 26 heavy (non-hydrogen) atoms. The number of para-hydroxylation sites is 1. The van der Waals surface area contributed by atoms with Crippen molar-refractivity contribution in [1.82, 2.24) is 4.57 Å². The number of rotatable bonds is 4. The molecule has 3 nitrogen and oxygen atoms in total. The number of fused-ring (bicyclic) bond motifs is 1. The van der Waals surface area contributed by atoms with Crippen molar-refractivity contribution in [3.63, 3.8) is 0 Å². The summed E-state index contributed by atoms with van der Waals surface area (Å²) in [4.78, 5) is 12.5. The van der Waals surface area contributed by atoms with E-state index in [0.717, 1.165) is 23.1 Å². The minimum Gasteiger partial charge on any atom is -0.341 e. The molecular weight excluding hydrogens is 320 g/mol. The number of carbonyl (C=O) groups excluding carboxylic acids is 1. The van der Waals surface area contributed by atoms with Gasteiger partial charge in [-0.2, -0.15) is 0 Å². The van der Waals surface area contributed by atoms with E-state index in [-0.39, 0.29) is 5.91 Å². The molecule has 0 fully saturated rings. The highest BCUT2D eigenvalue weighted by Gasteiger charge is 2.12. The van der Waals surface area contributed by atoms with Gasteiger partial charge in [-0.25, -0.2) is 0 Å². The molecule has 0 radical (unpaired) electrons. The van der Waals surface area contributed by atoms with Crippen molar-refractivity contribution in [2.24, 2.45) is 0 Å². The Morgan fingerprint density at radius 2 is 1.58 bits per heavy atom. The second-order valence-corrected chi connectivity index (χ2v) is 6.49. The smallest absolute Gasteiger partial charge is 0.255 e. The van der Waals surface area contributed by atoms with Gasteiger partial charge in [0.15, 0.2) is 0 Å². The molecule has 4 rings (SSSR count). The predicted molar refractivity (Wildman–Crippen MR) is 107 cm³/mol. The summed E-state index contributed by atoms with van der Waals surface area (Å²) in [6, 6.07) is 26.0. The van der Waals surface area contributed by atoms with Gasteiger partial charge in [0.25, 0.3) is 5.91 Å². The van der Waals surface area contributed by atoms with Gasteiger partial charge >= 0.3 is 0 Å². The molecule has 0 aliphatic rings. The number of aromatic nitrogens is 1. The lowest BCUT2D eigenvalue weighted by molar-refractivity contribution is 0.102. The van der Waals surface area contributed by atoms with E-state index in [0.29, 0.717) is 5.56 Å². The third-order valence-corrected chi connectivity index (χ3v) is 4.55. The van der Waals surface area contributed by atoms with Crippen LogP contribution >= 0.6 is 0 Å². The van der Waals surface area contributed by atoms with Gasteiger partial charge in [-0.15, -0.1) is 0 Å². The van der Waals surface area contributed by atoms with E-state index < -0.39 is 0 Å². The minimum absolute atomic E-state index is 0.0937. The molecule has 0 saturated heterocycles. The summed E-state index contributed by atoms with van der Waals surface area (Å²) < 4.78 is 2.18. The van der Waals surface area contributed by atoms with Gasteiger partial charge in [0.05, 0.1) is 11.2 Å². The zero-order valence-corrected chi connectivity index (χ0v) is 14.6. The first kappa shape index (κ1) is 16.2. The second kappa shape index (κ2) is 6.89. The monoisotopic (exact) mass is 340 g/mol. The van der Waals surface area contributed by atoms with Crippen molar-refractivity contribution in [3.8, 4) is 0 Å². The van der Waals surface area contributed by atoms with Crippen LogP contribution in [0.25, 0.3) is 10.9 Å². The largest absolute Gasteiger partial charge is 0.341 e. The number of carbonyl (C=O) groups is 1. The maximum atomic E-state index is 12.5. The number of nitrogens with one attached hydrogen (secondary N) is 1. The molecule has 3 aromatic carbocycles. The number of nitrogens with zero attached hydrogens (tertiary/aromatic N) is 1. The molecule has 1 amide bonds. The first-order valence-corrected chi connectivity index (χ1v) is 8.70. The lowest BCUT2D eigenvalue weighted by atomic mass is 10.1. The Kier molecular flexibility index (Phi) is 4.28. The van der Waals surface area contributed by atoms with Crippen molar-refractivity contribution in [2.75, 3.05) is 5.32 Å². The Hall–Kier alpha value is -3.33. The average Bonchev–Trinajstić information content (AvgIpc) is 3.02. The molecule has 3 heteroatoms. The zero-order chi connectivity index (χ0) is 17.9. The van der Waals surface area contributed by atoms with Crippen molar-refractivity contribution in [3.05, 3.63) is 102 Å². The average molecular weight is 340 g/mol. The minimum atomic E-state index is -0.0937. The molecule has 4 aromatic rings. The van der Waals surface area contributed by atoms with Crippen LogP contribution in [0.15, 0.2) is 85.1 Å². The van der Waals surface area contributed by atoms with Crippen LogP contribution in [0.3, 0.4) is 0 Å². The van der Waals surface area contributed by atoms with Crippen LogP contribution in [0.4, 0.5) is 5.69 Å². The fourth-order valence-corrected chi connectivity index (χ4v) is 3.15. The number of benzene rings is 3. The van der Waals surface area contributed by atoms with Gasteiger partial charge in [0.2, 0.25) is 0 Å². The summed E-state index contributed by atoms with van der Waals surface area (Å²) in [6.45, 7) is 2.86. The maximum Gasteiger partial charge on any atom is 0.255 e. The molecule has 0 bridgehead atoms. The third-order valence-electron chi connectivity index (χ3n) is 4.55. The van der Waals surface area contributed by atoms with E-state index in [4.69, 9.17) is 0 Å². The number of hydrogen-bond donors (Lipinski definition) is 1. The van der Waals surface area contributed by atoms with E-state index in [1.165, 1.54) is 11.1 Å². The Morgan fingerprint density at radius 3 is 2.35 bits per heavy atom. The normalized spacial score (nSPS) is 10.8. The van der Waals surface area contributed by atoms with Crippen molar-refractivity contribution in [2.45, 2.75) is 13.5 Å². The standard InChI is InChI=1S/C23H20N2O/c1-17-11-13-18(14-12-17)15-25-16-21(20-9-5-6-10-22(20)25)24-23(26)19-7-3-2-4-8-19/h2-14,16H,15H2,1H3,(H,24,26). The van der Waals surface area contributed by atoms with Crippen LogP contribution in [0.5, 0.6) is 0 Å². The summed E-state index contributed by atoms with van der Waals surface area (Å²) in [5.74, 6) is -0.0937. The van der Waals surface area contributed by atoms with Gasteiger partial charge in [0.1, 0.15) is 0 Å². The predicted octanol–water partition coefficient (Wildman–Crippen LogP) is 5.25. The van der Waals surface area contributed by atoms with Crippen molar-refractivity contribution < 1.29 is 4.79 Å². The lowest BCUT2D eigenvalue weighted by Crippen LogP contribution is -2.11. The summed E-state index contributed by atoms with van der Waals surface area (Å²) in [5, 5.41) is 4.10. The van der Waals surface area contributed by atoms with Gasteiger partial charge in [-0.1, -0.05) is 66.2 Å². The molecule has 0 atom stereocenters. The van der Waals surface area contributed by atoms with Gasteiger partial charge in [-0.3, -0.25) is 4.79 Å². The molecule has 0 aliphatic heterocycles. The van der Waals surface area contributed by atoms with E-state index in [2.05, 4.69) is 47.1 Å². The van der Waals surface area contributed by atoms with Crippen LogP contribution in [0.1, 0.15) is 21.5 Å². The summed E-state index contributed by atoms with van der Waals surface area (Å²) in [6.07, 6.45) is 2.02. The number of anilines is 1. The number of amides is 1. The van der Waals surface area contributed by atoms with E-state index in [9.17, 15) is 4.79 Å². The molecule has 1 aromatic heterocycles. The summed E-state index contributed by atoms with van der Waals surface area (Å²) in [7, 11) is 0. The Balaban J connectivity index is 1.67. The van der Waals surface area contributed by atoms with Crippen molar-refractivity contribution in [1.29, 1.82) is 0 Å². The van der Waals surface area contributed by atoms with Gasteiger partial charge in [-0.05, 0) is 30.7 Å². The van der Waals surface area contributed by atoms with Crippen LogP contribution in [-0.2, 0) is 6.54 Å². The highest BCUT2D eigenvalue weighted by Crippen LogP contribution is 2.27. The quantitative estimate of drug-likeness (QED) is 0.541. The molecule has 1 heterocycles.